The van der Waals surface area contributed by atoms with Crippen LogP contribution in [0.3, 0.4) is 0 Å². The first-order chi connectivity index (χ1) is 7.72. The molecule has 4 heteroatoms. The third-order valence-corrected chi connectivity index (χ3v) is 2.10. The predicted molar refractivity (Wildman–Crippen MR) is 62.5 cm³/mol. The molecule has 16 heavy (non-hydrogen) atoms. The van der Waals surface area contributed by atoms with Gasteiger partial charge in [0.25, 0.3) is 0 Å². The predicted octanol–water partition coefficient (Wildman–Crippen LogP) is 2.57. The summed E-state index contributed by atoms with van der Waals surface area (Å²) in [6, 6.07) is 5.97. The van der Waals surface area contributed by atoms with Crippen LogP contribution in [0.1, 0.15) is 19.8 Å². The standard InChI is InChI=1S/C12H17FN2O/c1-2-12(14)15-8-3-9-16-11-6-4-10(13)5-7-11/h4-7H,2-3,8-9H2,1H3,(H2,14,15). The summed E-state index contributed by atoms with van der Waals surface area (Å²) in [6.45, 7) is 3.23. The first kappa shape index (κ1) is 12.5. The Kier molecular flexibility index (Phi) is 5.32. The fourth-order valence-corrected chi connectivity index (χ4v) is 1.16. The van der Waals surface area contributed by atoms with Gasteiger partial charge in [0.05, 0.1) is 12.4 Å². The van der Waals surface area contributed by atoms with Gasteiger partial charge in [-0.3, -0.25) is 5.41 Å². The van der Waals surface area contributed by atoms with Gasteiger partial charge < -0.3 is 10.1 Å². The van der Waals surface area contributed by atoms with Gasteiger partial charge in [-0.25, -0.2) is 4.39 Å². The highest BCUT2D eigenvalue weighted by atomic mass is 19.1. The summed E-state index contributed by atoms with van der Waals surface area (Å²) >= 11 is 0. The second kappa shape index (κ2) is 6.82. The zero-order valence-corrected chi connectivity index (χ0v) is 9.42. The van der Waals surface area contributed by atoms with Gasteiger partial charge in [-0.2, -0.15) is 0 Å². The van der Waals surface area contributed by atoms with E-state index in [1.807, 2.05) is 6.92 Å². The molecule has 0 saturated heterocycles. The maximum Gasteiger partial charge on any atom is 0.123 e. The van der Waals surface area contributed by atoms with Crippen molar-refractivity contribution in [2.24, 2.45) is 0 Å². The number of rotatable bonds is 6. The molecule has 3 nitrogen and oxygen atoms in total. The van der Waals surface area contributed by atoms with Crippen LogP contribution in [-0.2, 0) is 0 Å². The van der Waals surface area contributed by atoms with Crippen molar-refractivity contribution in [2.75, 3.05) is 13.2 Å². The Balaban J connectivity index is 2.11. The van der Waals surface area contributed by atoms with Crippen LogP contribution in [0.4, 0.5) is 4.39 Å². The molecule has 0 bridgehead atoms. The third-order valence-electron chi connectivity index (χ3n) is 2.10. The van der Waals surface area contributed by atoms with Gasteiger partial charge in [-0.15, -0.1) is 0 Å². The molecule has 0 aliphatic carbocycles. The SMILES string of the molecule is CCC(=N)NCCCOc1ccc(F)cc1. The van der Waals surface area contributed by atoms with E-state index in [1.165, 1.54) is 12.1 Å². The minimum atomic E-state index is -0.259. The van der Waals surface area contributed by atoms with E-state index in [-0.39, 0.29) is 5.82 Å². The first-order valence-electron chi connectivity index (χ1n) is 5.42. The quantitative estimate of drug-likeness (QED) is 0.443. The Hall–Kier alpha value is -1.58. The molecule has 0 aromatic heterocycles. The van der Waals surface area contributed by atoms with Gasteiger partial charge in [0.1, 0.15) is 11.6 Å². The van der Waals surface area contributed by atoms with Crippen molar-refractivity contribution in [1.29, 1.82) is 5.41 Å². The Labute approximate surface area is 95.1 Å². The average molecular weight is 224 g/mol. The van der Waals surface area contributed by atoms with Crippen LogP contribution in [0.15, 0.2) is 24.3 Å². The van der Waals surface area contributed by atoms with Crippen LogP contribution in [0.25, 0.3) is 0 Å². The number of nitrogens with one attached hydrogen (secondary N) is 2. The van der Waals surface area contributed by atoms with Crippen LogP contribution in [0.2, 0.25) is 0 Å². The summed E-state index contributed by atoms with van der Waals surface area (Å²) in [6.07, 6.45) is 1.54. The molecular weight excluding hydrogens is 207 g/mol. The third kappa shape index (κ3) is 4.77. The molecule has 0 fully saturated rings. The van der Waals surface area contributed by atoms with Gasteiger partial charge in [0.15, 0.2) is 0 Å². The molecule has 0 aliphatic heterocycles. The van der Waals surface area contributed by atoms with E-state index in [0.29, 0.717) is 18.2 Å². The molecule has 0 spiro atoms. The number of amidine groups is 1. The van der Waals surface area contributed by atoms with E-state index in [0.717, 1.165) is 19.4 Å². The Morgan fingerprint density at radius 1 is 1.38 bits per heavy atom. The molecule has 2 N–H and O–H groups in total. The average Bonchev–Trinajstić information content (AvgIpc) is 2.31. The molecule has 0 unspecified atom stereocenters. The molecule has 1 aromatic rings. The number of hydrogen-bond acceptors (Lipinski definition) is 2. The molecular formula is C12H17FN2O. The Morgan fingerprint density at radius 2 is 2.06 bits per heavy atom. The normalized spacial score (nSPS) is 9.88. The summed E-state index contributed by atoms with van der Waals surface area (Å²) in [5.74, 6) is 0.958. The minimum absolute atomic E-state index is 0.259. The van der Waals surface area contributed by atoms with E-state index in [2.05, 4.69) is 5.32 Å². The summed E-state index contributed by atoms with van der Waals surface area (Å²) in [5.41, 5.74) is 0. The van der Waals surface area contributed by atoms with Crippen molar-refractivity contribution in [3.8, 4) is 5.75 Å². The molecule has 0 heterocycles. The molecule has 88 valence electrons. The summed E-state index contributed by atoms with van der Waals surface area (Å²) < 4.78 is 18.0. The number of hydrogen-bond donors (Lipinski definition) is 2. The molecule has 0 saturated carbocycles. The maximum absolute atomic E-state index is 12.6. The lowest BCUT2D eigenvalue weighted by Crippen LogP contribution is -2.23. The topological polar surface area (TPSA) is 45.1 Å². The van der Waals surface area contributed by atoms with E-state index < -0.39 is 0 Å². The summed E-state index contributed by atoms with van der Waals surface area (Å²) in [4.78, 5) is 0. The maximum atomic E-state index is 12.6. The van der Waals surface area contributed by atoms with Gasteiger partial charge in [0.2, 0.25) is 0 Å². The van der Waals surface area contributed by atoms with E-state index >= 15 is 0 Å². The van der Waals surface area contributed by atoms with Crippen LogP contribution in [-0.4, -0.2) is 19.0 Å². The van der Waals surface area contributed by atoms with Crippen molar-refractivity contribution >= 4 is 5.84 Å². The molecule has 0 amide bonds. The summed E-state index contributed by atoms with van der Waals surface area (Å²) in [7, 11) is 0. The zero-order valence-electron chi connectivity index (χ0n) is 9.42. The zero-order chi connectivity index (χ0) is 11.8. The first-order valence-corrected chi connectivity index (χ1v) is 5.42. The number of halogens is 1. The number of ether oxygens (including phenoxy) is 1. The lowest BCUT2D eigenvalue weighted by Gasteiger charge is -2.07. The minimum Gasteiger partial charge on any atom is -0.494 e. The van der Waals surface area contributed by atoms with Gasteiger partial charge in [-0.05, 0) is 30.7 Å². The molecule has 0 atom stereocenters. The highest BCUT2D eigenvalue weighted by Gasteiger charge is 1.95. The Bertz CT molecular complexity index is 324. The van der Waals surface area contributed by atoms with E-state index in [1.54, 1.807) is 12.1 Å². The monoisotopic (exact) mass is 224 g/mol. The van der Waals surface area contributed by atoms with Crippen molar-refractivity contribution in [1.82, 2.24) is 5.32 Å². The lowest BCUT2D eigenvalue weighted by atomic mass is 10.3. The smallest absolute Gasteiger partial charge is 0.123 e. The summed E-state index contributed by atoms with van der Waals surface area (Å²) in [5, 5.41) is 10.3. The molecule has 1 aromatic carbocycles. The van der Waals surface area contributed by atoms with E-state index in [4.69, 9.17) is 10.1 Å². The van der Waals surface area contributed by atoms with Crippen LogP contribution in [0.5, 0.6) is 5.75 Å². The highest BCUT2D eigenvalue weighted by Crippen LogP contribution is 2.10. The fraction of sp³-hybridized carbons (Fsp3) is 0.417. The Morgan fingerprint density at radius 3 is 2.69 bits per heavy atom. The van der Waals surface area contributed by atoms with Crippen molar-refractivity contribution in [3.63, 3.8) is 0 Å². The largest absolute Gasteiger partial charge is 0.494 e. The second-order valence-electron chi connectivity index (χ2n) is 3.41. The van der Waals surface area contributed by atoms with Crippen molar-refractivity contribution < 1.29 is 9.13 Å². The van der Waals surface area contributed by atoms with Crippen molar-refractivity contribution in [3.05, 3.63) is 30.1 Å². The fourth-order valence-electron chi connectivity index (χ4n) is 1.16. The second-order valence-corrected chi connectivity index (χ2v) is 3.41. The van der Waals surface area contributed by atoms with Crippen LogP contribution in [0, 0.1) is 11.2 Å². The molecule has 0 aliphatic rings. The highest BCUT2D eigenvalue weighted by molar-refractivity contribution is 5.78. The van der Waals surface area contributed by atoms with Gasteiger partial charge in [-0.1, -0.05) is 6.92 Å². The van der Waals surface area contributed by atoms with E-state index in [9.17, 15) is 4.39 Å². The number of benzene rings is 1. The van der Waals surface area contributed by atoms with Crippen molar-refractivity contribution in [2.45, 2.75) is 19.8 Å². The van der Waals surface area contributed by atoms with Gasteiger partial charge >= 0.3 is 0 Å². The van der Waals surface area contributed by atoms with Crippen LogP contribution < -0.4 is 10.1 Å². The molecule has 1 rings (SSSR count). The molecule has 0 radical (unpaired) electrons. The van der Waals surface area contributed by atoms with Crippen LogP contribution >= 0.6 is 0 Å². The van der Waals surface area contributed by atoms with Gasteiger partial charge in [0, 0.05) is 13.0 Å². The lowest BCUT2D eigenvalue weighted by molar-refractivity contribution is 0.311.